The van der Waals surface area contributed by atoms with Crippen molar-refractivity contribution in [2.45, 2.75) is 96.7 Å². The number of pyridine rings is 1. The van der Waals surface area contributed by atoms with Crippen molar-refractivity contribution in [2.24, 2.45) is 0 Å². The molecule has 9 heteroatoms. The van der Waals surface area contributed by atoms with Gasteiger partial charge in [0, 0.05) is 99.3 Å². The fourth-order valence-corrected chi connectivity index (χ4v) is 7.07. The number of anilines is 1. The molecule has 1 amide bonds. The maximum Gasteiger partial charge on any atom is 0.253 e. The van der Waals surface area contributed by atoms with E-state index in [0.717, 1.165) is 86.8 Å². The average Bonchev–Trinajstić information content (AvgIpc) is 2.91. The number of fused-ring (bicyclic) bond motifs is 2. The zero-order valence-corrected chi connectivity index (χ0v) is 24.8. The van der Waals surface area contributed by atoms with E-state index >= 15 is 0 Å². The minimum Gasteiger partial charge on any atom is -0.490 e. The number of hydrogen-bond acceptors (Lipinski definition) is 7. The Balaban J connectivity index is 1.21. The number of benzene rings is 1. The summed E-state index contributed by atoms with van der Waals surface area (Å²) in [6, 6.07) is 6.84. The molecule has 2 N–H and O–H groups in total. The smallest absolute Gasteiger partial charge is 0.253 e. The summed E-state index contributed by atoms with van der Waals surface area (Å²) in [5.41, 5.74) is 4.65. The van der Waals surface area contributed by atoms with Gasteiger partial charge in [-0.3, -0.25) is 14.5 Å². The number of aromatic amines is 1. The third-order valence-electron chi connectivity index (χ3n) is 9.48. The van der Waals surface area contributed by atoms with Crippen molar-refractivity contribution in [3.05, 3.63) is 56.5 Å². The number of ether oxygens (including phenoxy) is 3. The Hall–Kier alpha value is -2.88. The van der Waals surface area contributed by atoms with Gasteiger partial charge < -0.3 is 29.4 Å². The maximum absolute atomic E-state index is 13.6. The lowest BCUT2D eigenvalue weighted by Gasteiger charge is -2.53. The molecule has 2 unspecified atom stereocenters. The number of rotatable bonds is 9. The van der Waals surface area contributed by atoms with Crippen LogP contribution in [0.4, 0.5) is 5.69 Å². The lowest BCUT2D eigenvalue weighted by Crippen LogP contribution is -2.62. The van der Waals surface area contributed by atoms with E-state index in [9.17, 15) is 9.59 Å². The second-order valence-electron chi connectivity index (χ2n) is 12.3. The van der Waals surface area contributed by atoms with Crippen LogP contribution in [0.3, 0.4) is 0 Å². The van der Waals surface area contributed by atoms with Crippen molar-refractivity contribution < 1.29 is 19.0 Å². The molecule has 4 saturated heterocycles. The van der Waals surface area contributed by atoms with E-state index in [0.29, 0.717) is 35.4 Å². The van der Waals surface area contributed by atoms with Crippen LogP contribution in [0.2, 0.25) is 0 Å². The fraction of sp³-hybridized carbons (Fsp3) is 0.625. The van der Waals surface area contributed by atoms with Gasteiger partial charge in [0.2, 0.25) is 0 Å². The summed E-state index contributed by atoms with van der Waals surface area (Å²) >= 11 is 0. The summed E-state index contributed by atoms with van der Waals surface area (Å²) in [4.78, 5) is 34.0. The lowest BCUT2D eigenvalue weighted by molar-refractivity contribution is -0.196. The first-order chi connectivity index (χ1) is 19.8. The van der Waals surface area contributed by atoms with Crippen LogP contribution in [-0.2, 0) is 16.0 Å². The molecule has 1 aromatic carbocycles. The summed E-state index contributed by atoms with van der Waals surface area (Å²) < 4.78 is 18.0. The SMILES string of the molecule is CCN(c1cc(OC2CC(N3CC4CC(C3)O4)C2)cc(C(=O)NCc2c(C)cc(C)[nH]c2=O)c1C)C1CCOCC1. The van der Waals surface area contributed by atoms with E-state index in [2.05, 4.69) is 33.1 Å². The van der Waals surface area contributed by atoms with Gasteiger partial charge in [0.25, 0.3) is 11.5 Å². The molecule has 5 fully saturated rings. The third-order valence-corrected chi connectivity index (χ3v) is 9.48. The van der Waals surface area contributed by atoms with E-state index in [1.165, 1.54) is 6.42 Å². The van der Waals surface area contributed by atoms with Crippen LogP contribution in [0.15, 0.2) is 23.0 Å². The molecule has 222 valence electrons. The number of aromatic nitrogens is 1. The number of amides is 1. The summed E-state index contributed by atoms with van der Waals surface area (Å²) in [7, 11) is 0. The molecular formula is C32H44N4O5. The highest BCUT2D eigenvalue weighted by Crippen LogP contribution is 2.38. The Morgan fingerprint density at radius 1 is 1.10 bits per heavy atom. The van der Waals surface area contributed by atoms with Crippen LogP contribution in [0.5, 0.6) is 5.75 Å². The molecule has 1 aromatic heterocycles. The number of carbonyl (C=O) groups is 1. The van der Waals surface area contributed by atoms with Crippen LogP contribution in [0, 0.1) is 20.8 Å². The molecule has 5 heterocycles. The molecule has 7 rings (SSSR count). The first kappa shape index (κ1) is 28.2. The van der Waals surface area contributed by atoms with Crippen molar-refractivity contribution in [3.63, 3.8) is 0 Å². The summed E-state index contributed by atoms with van der Waals surface area (Å²) in [6.07, 6.45) is 6.09. The van der Waals surface area contributed by atoms with Crippen molar-refractivity contribution in [3.8, 4) is 5.75 Å². The number of nitrogens with zero attached hydrogens (tertiary/aromatic N) is 2. The minimum absolute atomic E-state index is 0.137. The molecule has 2 aromatic rings. The van der Waals surface area contributed by atoms with Crippen LogP contribution in [0.1, 0.15) is 71.8 Å². The molecule has 0 radical (unpaired) electrons. The Labute approximate surface area is 242 Å². The number of nitrogens with one attached hydrogen (secondary N) is 2. The quantitative estimate of drug-likeness (QED) is 0.480. The Kier molecular flexibility index (Phi) is 8.12. The van der Waals surface area contributed by atoms with Gasteiger partial charge in [0.05, 0.1) is 12.2 Å². The first-order valence-electron chi connectivity index (χ1n) is 15.3. The molecule has 4 aliphatic heterocycles. The molecule has 0 spiro atoms. The highest BCUT2D eigenvalue weighted by molar-refractivity contribution is 5.97. The number of carbonyl (C=O) groups excluding carboxylic acids is 1. The largest absolute Gasteiger partial charge is 0.490 e. The van der Waals surface area contributed by atoms with E-state index in [1.807, 2.05) is 32.9 Å². The van der Waals surface area contributed by atoms with Gasteiger partial charge in [0.1, 0.15) is 11.9 Å². The Morgan fingerprint density at radius 3 is 2.46 bits per heavy atom. The minimum atomic E-state index is -0.198. The van der Waals surface area contributed by atoms with Crippen molar-refractivity contribution >= 4 is 11.6 Å². The van der Waals surface area contributed by atoms with Gasteiger partial charge in [-0.05, 0) is 63.8 Å². The first-order valence-corrected chi connectivity index (χ1v) is 15.3. The number of aryl methyl sites for hydroxylation is 2. The van der Waals surface area contributed by atoms with E-state index in [-0.39, 0.29) is 24.1 Å². The standard InChI is InChI=1S/C32H44N4O5/c1-5-36(22-6-8-39-9-7-22)30-15-25(40-24-11-23(12-24)35-17-26-13-27(18-35)41-26)14-28(21(30)4)31(37)33-16-29-19(2)10-20(3)34-32(29)38/h10,14-15,22-24,26-27H,5-9,11-13,16-18H2,1-4H3,(H,33,37)(H,34,38). The number of piperidine rings is 1. The van der Waals surface area contributed by atoms with Gasteiger partial charge in [-0.1, -0.05) is 0 Å². The normalized spacial score (nSPS) is 26.1. The van der Waals surface area contributed by atoms with Crippen LogP contribution >= 0.6 is 0 Å². The summed E-state index contributed by atoms with van der Waals surface area (Å²) in [6.45, 7) is 12.5. The second kappa shape index (κ2) is 11.8. The van der Waals surface area contributed by atoms with Crippen LogP contribution < -0.4 is 20.5 Å². The topological polar surface area (TPSA) is 96.1 Å². The molecule has 1 aliphatic carbocycles. The zero-order valence-electron chi connectivity index (χ0n) is 24.8. The molecule has 9 nitrogen and oxygen atoms in total. The van der Waals surface area contributed by atoms with Crippen molar-refractivity contribution in [1.29, 1.82) is 0 Å². The van der Waals surface area contributed by atoms with Gasteiger partial charge in [-0.15, -0.1) is 0 Å². The highest BCUT2D eigenvalue weighted by Gasteiger charge is 2.44. The predicted octanol–water partition coefficient (Wildman–Crippen LogP) is 3.62. The van der Waals surface area contributed by atoms with Crippen molar-refractivity contribution in [2.75, 3.05) is 37.7 Å². The highest BCUT2D eigenvalue weighted by atomic mass is 16.5. The van der Waals surface area contributed by atoms with E-state index in [1.54, 1.807) is 0 Å². The van der Waals surface area contributed by atoms with Crippen molar-refractivity contribution in [1.82, 2.24) is 15.2 Å². The summed E-state index contributed by atoms with van der Waals surface area (Å²) in [5, 5.41) is 3.02. The Morgan fingerprint density at radius 2 is 1.80 bits per heavy atom. The molecule has 1 saturated carbocycles. The predicted molar refractivity (Wildman–Crippen MR) is 158 cm³/mol. The van der Waals surface area contributed by atoms with Gasteiger partial charge in [-0.2, -0.15) is 0 Å². The molecular weight excluding hydrogens is 520 g/mol. The number of morpholine rings is 1. The second-order valence-corrected chi connectivity index (χ2v) is 12.3. The zero-order chi connectivity index (χ0) is 28.7. The molecule has 2 bridgehead atoms. The number of hydrogen-bond donors (Lipinski definition) is 2. The fourth-order valence-electron chi connectivity index (χ4n) is 7.07. The van der Waals surface area contributed by atoms with Gasteiger partial charge in [-0.25, -0.2) is 0 Å². The lowest BCUT2D eigenvalue weighted by atomic mass is 9.85. The average molecular weight is 565 g/mol. The summed E-state index contributed by atoms with van der Waals surface area (Å²) in [5.74, 6) is 0.537. The third kappa shape index (κ3) is 5.90. The Bertz CT molecular complexity index is 1310. The van der Waals surface area contributed by atoms with E-state index in [4.69, 9.17) is 14.2 Å². The van der Waals surface area contributed by atoms with E-state index < -0.39 is 0 Å². The molecule has 2 atom stereocenters. The number of H-pyrrole nitrogens is 1. The van der Waals surface area contributed by atoms with Gasteiger partial charge in [0.15, 0.2) is 0 Å². The monoisotopic (exact) mass is 564 g/mol. The van der Waals surface area contributed by atoms with Crippen LogP contribution in [0.25, 0.3) is 0 Å². The maximum atomic E-state index is 13.6. The molecule has 5 aliphatic rings. The van der Waals surface area contributed by atoms with Crippen LogP contribution in [-0.4, -0.2) is 79.0 Å². The van der Waals surface area contributed by atoms with Gasteiger partial charge >= 0.3 is 0 Å². The molecule has 41 heavy (non-hydrogen) atoms.